The molecule has 0 saturated heterocycles. The molecule has 112 valence electrons. The van der Waals surface area contributed by atoms with Gasteiger partial charge in [-0.2, -0.15) is 0 Å². The molecule has 21 heavy (non-hydrogen) atoms. The van der Waals surface area contributed by atoms with Crippen LogP contribution in [0.2, 0.25) is 0 Å². The number of nitrogens with one attached hydrogen (secondary N) is 1. The van der Waals surface area contributed by atoms with Gasteiger partial charge in [0.1, 0.15) is 5.82 Å². The first kappa shape index (κ1) is 15.9. The second-order valence-corrected chi connectivity index (χ2v) is 6.20. The van der Waals surface area contributed by atoms with Crippen molar-refractivity contribution in [1.29, 1.82) is 0 Å². The van der Waals surface area contributed by atoms with Gasteiger partial charge < -0.3 is 9.72 Å². The smallest absolute Gasteiger partial charge is 0.264 e. The molecular formula is C15H16FIN2O2. The Bertz CT molecular complexity index is 713. The molecule has 2 aromatic rings. The molecule has 0 amide bonds. The van der Waals surface area contributed by atoms with Crippen LogP contribution in [0.15, 0.2) is 23.0 Å². The highest BCUT2D eigenvalue weighted by atomic mass is 127. The lowest BCUT2D eigenvalue weighted by atomic mass is 10.1. The predicted molar refractivity (Wildman–Crippen MR) is 88.1 cm³/mol. The van der Waals surface area contributed by atoms with E-state index in [0.717, 1.165) is 5.69 Å². The van der Waals surface area contributed by atoms with Gasteiger partial charge in [-0.3, -0.25) is 4.79 Å². The molecule has 0 unspecified atom stereocenters. The minimum Gasteiger partial charge on any atom is -0.494 e. The number of aromatic amines is 1. The fourth-order valence-electron chi connectivity index (χ4n) is 1.98. The third-order valence-electron chi connectivity index (χ3n) is 2.96. The minimum absolute atomic E-state index is 0.161. The summed E-state index contributed by atoms with van der Waals surface area (Å²) in [6, 6.07) is 4.50. The molecule has 2 rings (SSSR count). The lowest BCUT2D eigenvalue weighted by Gasteiger charge is -2.09. The van der Waals surface area contributed by atoms with Crippen molar-refractivity contribution in [2.75, 3.05) is 7.11 Å². The summed E-state index contributed by atoms with van der Waals surface area (Å²) >= 11 is 1.99. The van der Waals surface area contributed by atoms with E-state index < -0.39 is 5.82 Å². The number of nitrogens with zero attached hydrogens (tertiary/aromatic N) is 1. The molecule has 1 heterocycles. The maximum atomic E-state index is 13.8. The van der Waals surface area contributed by atoms with Crippen molar-refractivity contribution < 1.29 is 9.13 Å². The fraction of sp³-hybridized carbons (Fsp3) is 0.333. The predicted octanol–water partition coefficient (Wildman–Crippen LogP) is 3.39. The van der Waals surface area contributed by atoms with Crippen LogP contribution in [0.3, 0.4) is 0 Å². The van der Waals surface area contributed by atoms with Crippen molar-refractivity contribution in [2.45, 2.75) is 20.3 Å². The number of hydrogen-bond donors (Lipinski definition) is 1. The van der Waals surface area contributed by atoms with E-state index in [1.807, 2.05) is 22.6 Å². The van der Waals surface area contributed by atoms with E-state index in [1.54, 1.807) is 6.07 Å². The lowest BCUT2D eigenvalue weighted by molar-refractivity contribution is 0.386. The van der Waals surface area contributed by atoms with Crippen LogP contribution < -0.4 is 10.3 Å². The van der Waals surface area contributed by atoms with E-state index in [4.69, 9.17) is 4.74 Å². The number of aromatic nitrogens is 2. The maximum absolute atomic E-state index is 13.8. The third-order valence-corrected chi connectivity index (χ3v) is 4.07. The molecule has 1 N–H and O–H groups in total. The molecular weight excluding hydrogens is 386 g/mol. The Hall–Kier alpha value is -1.44. The number of methoxy groups -OCH3 is 1. The number of halogens is 2. The van der Waals surface area contributed by atoms with Gasteiger partial charge in [-0.05, 0) is 53.1 Å². The standard InChI is InChI=1S/C15H16FIN2O2/c1-8(2)6-11-13(17)15(20)19-14(18-11)9-4-5-12(21-3)10(16)7-9/h4-5,7-8H,6H2,1-3H3,(H,18,19,20). The zero-order chi connectivity index (χ0) is 15.6. The lowest BCUT2D eigenvalue weighted by Crippen LogP contribution is -2.17. The van der Waals surface area contributed by atoms with E-state index in [0.29, 0.717) is 27.3 Å². The molecule has 0 radical (unpaired) electrons. The molecule has 1 aromatic heterocycles. The molecule has 4 nitrogen and oxygen atoms in total. The maximum Gasteiger partial charge on any atom is 0.264 e. The Morgan fingerprint density at radius 2 is 2.14 bits per heavy atom. The molecule has 6 heteroatoms. The molecule has 0 spiro atoms. The normalized spacial score (nSPS) is 11.0. The van der Waals surface area contributed by atoms with Crippen molar-refractivity contribution >= 4 is 22.6 Å². The quantitative estimate of drug-likeness (QED) is 0.798. The largest absolute Gasteiger partial charge is 0.494 e. The molecule has 0 aliphatic heterocycles. The molecule has 0 atom stereocenters. The van der Waals surface area contributed by atoms with Crippen molar-refractivity contribution in [3.63, 3.8) is 0 Å². The Balaban J connectivity index is 2.51. The fourth-order valence-corrected chi connectivity index (χ4v) is 2.45. The zero-order valence-corrected chi connectivity index (χ0v) is 14.2. The van der Waals surface area contributed by atoms with Gasteiger partial charge in [0.25, 0.3) is 5.56 Å². The SMILES string of the molecule is COc1ccc(-c2nc(CC(C)C)c(I)c(=O)[nH]2)cc1F. The van der Waals surface area contributed by atoms with Crippen LogP contribution in [-0.2, 0) is 6.42 Å². The summed E-state index contributed by atoms with van der Waals surface area (Å²) in [6.45, 7) is 4.12. The molecule has 0 aliphatic rings. The van der Waals surface area contributed by atoms with Crippen molar-refractivity contribution in [1.82, 2.24) is 9.97 Å². The van der Waals surface area contributed by atoms with Crippen LogP contribution in [-0.4, -0.2) is 17.1 Å². The topological polar surface area (TPSA) is 55.0 Å². The average molecular weight is 402 g/mol. The first-order valence-electron chi connectivity index (χ1n) is 6.55. The highest BCUT2D eigenvalue weighted by Crippen LogP contribution is 2.23. The highest BCUT2D eigenvalue weighted by molar-refractivity contribution is 14.1. The summed E-state index contributed by atoms with van der Waals surface area (Å²) in [5.74, 6) is 0.432. The van der Waals surface area contributed by atoms with Gasteiger partial charge in [0.05, 0.1) is 16.4 Å². The number of H-pyrrole nitrogens is 1. The van der Waals surface area contributed by atoms with E-state index in [2.05, 4.69) is 23.8 Å². The van der Waals surface area contributed by atoms with Crippen molar-refractivity contribution in [3.8, 4) is 17.1 Å². The van der Waals surface area contributed by atoms with Crippen LogP contribution in [0.5, 0.6) is 5.75 Å². The van der Waals surface area contributed by atoms with Gasteiger partial charge in [0, 0.05) is 5.56 Å². The number of ether oxygens (including phenoxy) is 1. The second kappa shape index (κ2) is 6.55. The van der Waals surface area contributed by atoms with Crippen molar-refractivity contribution in [2.24, 2.45) is 5.92 Å². The van der Waals surface area contributed by atoms with Gasteiger partial charge >= 0.3 is 0 Å². The van der Waals surface area contributed by atoms with E-state index in [1.165, 1.54) is 19.2 Å². The Kier molecular flexibility index (Phi) is 4.97. The summed E-state index contributed by atoms with van der Waals surface area (Å²) in [4.78, 5) is 19.2. The van der Waals surface area contributed by atoms with Gasteiger partial charge in [-0.15, -0.1) is 0 Å². The first-order chi connectivity index (χ1) is 9.92. The number of benzene rings is 1. The van der Waals surface area contributed by atoms with E-state index in [9.17, 15) is 9.18 Å². The van der Waals surface area contributed by atoms with Crippen LogP contribution in [0.1, 0.15) is 19.5 Å². The summed E-state index contributed by atoms with van der Waals surface area (Å²) in [6.07, 6.45) is 0.702. The molecule has 0 saturated carbocycles. The summed E-state index contributed by atoms with van der Waals surface area (Å²) < 4.78 is 19.2. The summed E-state index contributed by atoms with van der Waals surface area (Å²) in [5.41, 5.74) is 1.06. The van der Waals surface area contributed by atoms with Gasteiger partial charge in [0.15, 0.2) is 11.6 Å². The third kappa shape index (κ3) is 3.61. The van der Waals surface area contributed by atoms with Crippen LogP contribution in [0.25, 0.3) is 11.4 Å². The van der Waals surface area contributed by atoms with Crippen LogP contribution in [0, 0.1) is 15.3 Å². The Morgan fingerprint density at radius 3 is 2.71 bits per heavy atom. The number of hydrogen-bond acceptors (Lipinski definition) is 3. The first-order valence-corrected chi connectivity index (χ1v) is 7.62. The number of rotatable bonds is 4. The van der Waals surface area contributed by atoms with Gasteiger partial charge in [-0.25, -0.2) is 9.37 Å². The van der Waals surface area contributed by atoms with Gasteiger partial charge in [-0.1, -0.05) is 13.8 Å². The molecule has 0 aliphatic carbocycles. The second-order valence-electron chi connectivity index (χ2n) is 5.12. The minimum atomic E-state index is -0.485. The van der Waals surface area contributed by atoms with Gasteiger partial charge in [0.2, 0.25) is 0 Å². The van der Waals surface area contributed by atoms with E-state index in [-0.39, 0.29) is 11.3 Å². The zero-order valence-electron chi connectivity index (χ0n) is 12.0. The Morgan fingerprint density at radius 1 is 1.43 bits per heavy atom. The summed E-state index contributed by atoms with van der Waals surface area (Å²) in [5, 5.41) is 0. The monoisotopic (exact) mass is 402 g/mol. The summed E-state index contributed by atoms with van der Waals surface area (Å²) in [7, 11) is 1.41. The average Bonchev–Trinajstić information content (AvgIpc) is 2.43. The molecule has 0 fully saturated rings. The van der Waals surface area contributed by atoms with Crippen LogP contribution in [0.4, 0.5) is 4.39 Å². The highest BCUT2D eigenvalue weighted by Gasteiger charge is 2.13. The van der Waals surface area contributed by atoms with Crippen molar-refractivity contribution in [3.05, 3.63) is 43.6 Å². The molecule has 0 bridgehead atoms. The molecule has 1 aromatic carbocycles. The Labute approximate surface area is 135 Å². The van der Waals surface area contributed by atoms with E-state index >= 15 is 0 Å². The van der Waals surface area contributed by atoms with Crippen LogP contribution >= 0.6 is 22.6 Å².